The second-order valence-electron chi connectivity index (χ2n) is 6.37. The number of halogens is 3. The normalized spacial score (nSPS) is 11.1. The molecular weight excluding hydrogens is 422 g/mol. The lowest BCUT2D eigenvalue weighted by Gasteiger charge is -2.11. The molecule has 3 rings (SSSR count). The first kappa shape index (κ1) is 22.8. The first-order valence-corrected chi connectivity index (χ1v) is 9.69. The van der Waals surface area contributed by atoms with E-state index in [1.54, 1.807) is 36.2 Å². The molecule has 0 saturated heterocycles. The third kappa shape index (κ3) is 7.13. The number of nitrogens with one attached hydrogen (secondary N) is 1. The lowest BCUT2D eigenvalue weighted by atomic mass is 10.2. The van der Waals surface area contributed by atoms with Crippen molar-refractivity contribution in [2.75, 3.05) is 5.32 Å². The summed E-state index contributed by atoms with van der Waals surface area (Å²) in [5, 5.41) is 5.01. The number of nitrogens with zero attached hydrogens (tertiary/aromatic N) is 5. The van der Waals surface area contributed by atoms with Crippen LogP contribution in [-0.2, 0) is 17.8 Å². The Morgan fingerprint density at radius 3 is 2.72 bits per heavy atom. The van der Waals surface area contributed by atoms with Crippen molar-refractivity contribution >= 4 is 34.8 Å². The van der Waals surface area contributed by atoms with Crippen molar-refractivity contribution in [2.24, 2.45) is 0 Å². The van der Waals surface area contributed by atoms with E-state index in [0.29, 0.717) is 41.9 Å². The topological polar surface area (TPSA) is 85.6 Å². The Morgan fingerprint density at radius 1 is 1.24 bits per heavy atom. The third-order valence-corrected chi connectivity index (χ3v) is 4.70. The molecule has 3 aromatic rings. The number of aromatic nitrogens is 5. The summed E-state index contributed by atoms with van der Waals surface area (Å²) < 4.78 is 27.7. The number of aryl methyl sites for hydroxylation is 2. The van der Waals surface area contributed by atoms with Gasteiger partial charge in [-0.05, 0) is 19.4 Å². The van der Waals surface area contributed by atoms with Gasteiger partial charge >= 0.3 is 0 Å². The van der Waals surface area contributed by atoms with Crippen molar-refractivity contribution in [1.82, 2.24) is 24.5 Å². The molecule has 3 heterocycles. The van der Waals surface area contributed by atoms with E-state index in [-0.39, 0.29) is 31.2 Å². The monoisotopic (exact) mass is 442 g/mol. The molecule has 0 aromatic carbocycles. The number of carbonyl (C=O) groups excluding carboxylic acids is 1. The van der Waals surface area contributed by atoms with Crippen molar-refractivity contribution < 1.29 is 13.6 Å². The van der Waals surface area contributed by atoms with Crippen LogP contribution in [0.3, 0.4) is 0 Å². The van der Waals surface area contributed by atoms with Crippen molar-refractivity contribution in [3.8, 4) is 11.5 Å². The molecule has 156 valence electrons. The maximum absolute atomic E-state index is 12.9. The fourth-order valence-corrected chi connectivity index (χ4v) is 3.31. The van der Waals surface area contributed by atoms with Gasteiger partial charge in [-0.2, -0.15) is 0 Å². The largest absolute Gasteiger partial charge is 0.335 e. The zero-order valence-electron chi connectivity index (χ0n) is 15.7. The molecule has 1 N–H and O–H groups in total. The lowest BCUT2D eigenvalue weighted by Crippen LogP contribution is -2.15. The predicted molar refractivity (Wildman–Crippen MR) is 109 cm³/mol. The Balaban J connectivity index is 0.00000300. The molecule has 29 heavy (non-hydrogen) atoms. The summed E-state index contributed by atoms with van der Waals surface area (Å²) >= 11 is 1.30. The number of hydrogen-bond donors (Lipinski definition) is 1. The SMILES string of the molecule is CC(F)(F)CCCn1ccnc1CCC(=O)Nc1nc(-c2ncccn2)cs1.Cl. The Hall–Kier alpha value is -2.46. The quantitative estimate of drug-likeness (QED) is 0.536. The zero-order chi connectivity index (χ0) is 20.0. The number of anilines is 1. The van der Waals surface area contributed by atoms with Gasteiger partial charge in [0.15, 0.2) is 11.0 Å². The minimum atomic E-state index is -2.67. The van der Waals surface area contributed by atoms with Gasteiger partial charge in [0, 0.05) is 56.0 Å². The van der Waals surface area contributed by atoms with E-state index in [9.17, 15) is 13.6 Å². The van der Waals surface area contributed by atoms with Gasteiger partial charge in [0.1, 0.15) is 11.5 Å². The first-order valence-electron chi connectivity index (χ1n) is 8.81. The standard InChI is InChI=1S/C18H20F2N6OS.ClH/c1-18(19,20)6-2-10-26-11-9-21-14(26)4-5-15(27)25-17-24-13(12-28-17)16-22-7-3-8-23-16;/h3,7-9,11-12H,2,4-6,10H2,1H3,(H,24,25,27);1H. The van der Waals surface area contributed by atoms with Gasteiger partial charge in [-0.3, -0.25) is 4.79 Å². The second kappa shape index (κ2) is 10.4. The van der Waals surface area contributed by atoms with Crippen LogP contribution in [-0.4, -0.2) is 36.3 Å². The fourth-order valence-electron chi connectivity index (χ4n) is 2.60. The zero-order valence-corrected chi connectivity index (χ0v) is 17.3. The molecule has 0 aliphatic carbocycles. The van der Waals surface area contributed by atoms with Gasteiger partial charge in [0.25, 0.3) is 0 Å². The van der Waals surface area contributed by atoms with E-state index >= 15 is 0 Å². The highest BCUT2D eigenvalue weighted by Crippen LogP contribution is 2.22. The first-order chi connectivity index (χ1) is 13.4. The summed E-state index contributed by atoms with van der Waals surface area (Å²) in [6.07, 6.45) is 7.43. The minimum absolute atomic E-state index is 0. The van der Waals surface area contributed by atoms with Gasteiger partial charge in [-0.25, -0.2) is 28.7 Å². The molecule has 0 aliphatic rings. The maximum Gasteiger partial charge on any atom is 0.245 e. The molecule has 0 unspecified atom stereocenters. The highest BCUT2D eigenvalue weighted by molar-refractivity contribution is 7.14. The smallest absolute Gasteiger partial charge is 0.245 e. The molecule has 0 saturated carbocycles. The summed E-state index contributed by atoms with van der Waals surface area (Å²) in [6.45, 7) is 1.37. The summed E-state index contributed by atoms with van der Waals surface area (Å²) in [5.74, 6) is -1.66. The molecule has 0 aliphatic heterocycles. The van der Waals surface area contributed by atoms with Crippen LogP contribution >= 0.6 is 23.7 Å². The van der Waals surface area contributed by atoms with E-state index < -0.39 is 5.92 Å². The molecule has 3 aromatic heterocycles. The van der Waals surface area contributed by atoms with Crippen LogP contribution in [0.25, 0.3) is 11.5 Å². The Kier molecular flexibility index (Phi) is 8.15. The minimum Gasteiger partial charge on any atom is -0.335 e. The van der Waals surface area contributed by atoms with Crippen LogP contribution in [0.2, 0.25) is 0 Å². The average molecular weight is 443 g/mol. The molecule has 7 nitrogen and oxygen atoms in total. The van der Waals surface area contributed by atoms with Gasteiger partial charge in [0.2, 0.25) is 11.8 Å². The van der Waals surface area contributed by atoms with Crippen LogP contribution in [0, 0.1) is 0 Å². The van der Waals surface area contributed by atoms with Gasteiger partial charge in [-0.1, -0.05) is 0 Å². The molecule has 1 amide bonds. The van der Waals surface area contributed by atoms with Crippen molar-refractivity contribution in [1.29, 1.82) is 0 Å². The number of thiazole rings is 1. The van der Waals surface area contributed by atoms with Crippen LogP contribution in [0.15, 0.2) is 36.2 Å². The predicted octanol–water partition coefficient (Wildman–Crippen LogP) is 4.23. The maximum atomic E-state index is 12.9. The van der Waals surface area contributed by atoms with Crippen LogP contribution in [0.4, 0.5) is 13.9 Å². The number of carbonyl (C=O) groups is 1. The molecule has 0 atom stereocenters. The van der Waals surface area contributed by atoms with E-state index in [0.717, 1.165) is 6.92 Å². The summed E-state index contributed by atoms with van der Waals surface area (Å²) in [4.78, 5) is 29.0. The van der Waals surface area contributed by atoms with Gasteiger partial charge in [0.05, 0.1) is 0 Å². The number of amides is 1. The van der Waals surface area contributed by atoms with E-state index in [2.05, 4.69) is 25.3 Å². The fraction of sp³-hybridized carbons (Fsp3) is 0.389. The van der Waals surface area contributed by atoms with E-state index in [1.165, 1.54) is 11.3 Å². The van der Waals surface area contributed by atoms with Crippen molar-refractivity contribution in [2.45, 2.75) is 45.1 Å². The molecule has 0 radical (unpaired) electrons. The number of hydrogen-bond acceptors (Lipinski definition) is 6. The molecule has 0 spiro atoms. The number of imidazole rings is 1. The Bertz CT molecular complexity index is 912. The van der Waals surface area contributed by atoms with Crippen molar-refractivity contribution in [3.63, 3.8) is 0 Å². The highest BCUT2D eigenvalue weighted by Gasteiger charge is 2.20. The van der Waals surface area contributed by atoms with Crippen LogP contribution < -0.4 is 5.32 Å². The van der Waals surface area contributed by atoms with Crippen LogP contribution in [0.1, 0.15) is 32.0 Å². The number of alkyl halides is 2. The van der Waals surface area contributed by atoms with E-state index in [1.807, 2.05) is 4.57 Å². The Labute approximate surface area is 177 Å². The summed E-state index contributed by atoms with van der Waals surface area (Å²) in [7, 11) is 0. The summed E-state index contributed by atoms with van der Waals surface area (Å²) in [6, 6.07) is 1.72. The van der Waals surface area contributed by atoms with Crippen molar-refractivity contribution in [3.05, 3.63) is 42.1 Å². The highest BCUT2D eigenvalue weighted by atomic mass is 35.5. The third-order valence-electron chi connectivity index (χ3n) is 3.94. The average Bonchev–Trinajstić information content (AvgIpc) is 3.29. The lowest BCUT2D eigenvalue weighted by molar-refractivity contribution is -0.116. The molecular formula is C18H21ClF2N6OS. The van der Waals surface area contributed by atoms with Gasteiger partial charge < -0.3 is 9.88 Å². The van der Waals surface area contributed by atoms with Gasteiger partial charge in [-0.15, -0.1) is 23.7 Å². The molecule has 0 fully saturated rings. The summed E-state index contributed by atoms with van der Waals surface area (Å²) in [5.41, 5.74) is 0.601. The molecule has 11 heteroatoms. The van der Waals surface area contributed by atoms with Crippen LogP contribution in [0.5, 0.6) is 0 Å². The Morgan fingerprint density at radius 2 is 2.00 bits per heavy atom. The second-order valence-corrected chi connectivity index (χ2v) is 7.23. The molecule has 0 bridgehead atoms. The number of rotatable bonds is 9. The van der Waals surface area contributed by atoms with E-state index in [4.69, 9.17) is 0 Å².